The average molecular weight is 312 g/mol. The fourth-order valence-corrected chi connectivity index (χ4v) is 2.75. The molecule has 1 fully saturated rings. The number of ether oxygens (including phenoxy) is 1. The number of halogens is 2. The number of benzene rings is 1. The average Bonchev–Trinajstić information content (AvgIpc) is 2.46. The molecule has 2 N–H and O–H groups in total. The zero-order valence-corrected chi connectivity index (χ0v) is 12.7. The number of amides is 1. The van der Waals surface area contributed by atoms with Gasteiger partial charge < -0.3 is 15.4 Å². The van der Waals surface area contributed by atoms with E-state index in [0.717, 1.165) is 31.7 Å². The molecule has 0 aliphatic heterocycles. The zero-order valence-electron chi connectivity index (χ0n) is 12.7. The topological polar surface area (TPSA) is 50.4 Å². The SMILES string of the molecule is CC(=O)NC1CCC(NCCOc2ccc(F)cc2F)CC1. The summed E-state index contributed by atoms with van der Waals surface area (Å²) >= 11 is 0. The summed E-state index contributed by atoms with van der Waals surface area (Å²) in [6, 6.07) is 3.96. The van der Waals surface area contributed by atoms with E-state index in [4.69, 9.17) is 4.74 Å². The summed E-state index contributed by atoms with van der Waals surface area (Å²) in [4.78, 5) is 11.0. The summed E-state index contributed by atoms with van der Waals surface area (Å²) in [5, 5.41) is 6.30. The number of carbonyl (C=O) groups excluding carboxylic acids is 1. The molecule has 0 heterocycles. The molecule has 1 saturated carbocycles. The summed E-state index contributed by atoms with van der Waals surface area (Å²) in [7, 11) is 0. The molecule has 22 heavy (non-hydrogen) atoms. The maximum Gasteiger partial charge on any atom is 0.217 e. The van der Waals surface area contributed by atoms with Gasteiger partial charge in [0.15, 0.2) is 11.6 Å². The van der Waals surface area contributed by atoms with Crippen LogP contribution in [0.2, 0.25) is 0 Å². The number of nitrogens with one attached hydrogen (secondary N) is 2. The summed E-state index contributed by atoms with van der Waals surface area (Å²) in [6.07, 6.45) is 3.92. The molecule has 1 amide bonds. The van der Waals surface area contributed by atoms with Crippen LogP contribution in [0, 0.1) is 11.6 Å². The van der Waals surface area contributed by atoms with Gasteiger partial charge in [0, 0.05) is 31.6 Å². The minimum Gasteiger partial charge on any atom is -0.489 e. The van der Waals surface area contributed by atoms with Gasteiger partial charge in [0.1, 0.15) is 12.4 Å². The van der Waals surface area contributed by atoms with E-state index in [2.05, 4.69) is 10.6 Å². The van der Waals surface area contributed by atoms with E-state index < -0.39 is 11.6 Å². The maximum absolute atomic E-state index is 13.4. The van der Waals surface area contributed by atoms with Crippen LogP contribution in [0.5, 0.6) is 5.75 Å². The predicted octanol–water partition coefficient (Wildman–Crippen LogP) is 2.38. The van der Waals surface area contributed by atoms with Crippen molar-refractivity contribution in [3.8, 4) is 5.75 Å². The van der Waals surface area contributed by atoms with E-state index in [1.54, 1.807) is 0 Å². The normalized spacial score (nSPS) is 21.4. The van der Waals surface area contributed by atoms with E-state index >= 15 is 0 Å². The van der Waals surface area contributed by atoms with Crippen molar-refractivity contribution in [3.63, 3.8) is 0 Å². The van der Waals surface area contributed by atoms with Gasteiger partial charge in [-0.2, -0.15) is 0 Å². The molecule has 1 aliphatic rings. The highest BCUT2D eigenvalue weighted by Crippen LogP contribution is 2.19. The van der Waals surface area contributed by atoms with E-state index in [0.29, 0.717) is 19.2 Å². The number of hydrogen-bond acceptors (Lipinski definition) is 3. The Kier molecular flexibility index (Phi) is 6.12. The third-order valence-corrected chi connectivity index (χ3v) is 3.82. The summed E-state index contributed by atoms with van der Waals surface area (Å²) in [5.41, 5.74) is 0. The van der Waals surface area contributed by atoms with Gasteiger partial charge in [0.05, 0.1) is 0 Å². The second-order valence-corrected chi connectivity index (χ2v) is 5.63. The lowest BCUT2D eigenvalue weighted by Gasteiger charge is -2.29. The molecule has 1 aromatic carbocycles. The van der Waals surface area contributed by atoms with Crippen molar-refractivity contribution in [3.05, 3.63) is 29.8 Å². The van der Waals surface area contributed by atoms with E-state index in [9.17, 15) is 13.6 Å². The van der Waals surface area contributed by atoms with Crippen molar-refractivity contribution >= 4 is 5.91 Å². The fraction of sp³-hybridized carbons (Fsp3) is 0.562. The van der Waals surface area contributed by atoms with Crippen molar-refractivity contribution in [1.29, 1.82) is 0 Å². The molecule has 0 aromatic heterocycles. The monoisotopic (exact) mass is 312 g/mol. The second kappa shape index (κ2) is 8.08. The first kappa shape index (κ1) is 16.7. The smallest absolute Gasteiger partial charge is 0.217 e. The molecule has 0 saturated heterocycles. The van der Waals surface area contributed by atoms with Gasteiger partial charge >= 0.3 is 0 Å². The van der Waals surface area contributed by atoms with E-state index in [1.165, 1.54) is 19.1 Å². The summed E-state index contributed by atoms with van der Waals surface area (Å²) in [5.74, 6) is -1.21. The van der Waals surface area contributed by atoms with Crippen LogP contribution in [-0.4, -0.2) is 31.1 Å². The van der Waals surface area contributed by atoms with Crippen LogP contribution >= 0.6 is 0 Å². The Morgan fingerprint density at radius 3 is 2.55 bits per heavy atom. The lowest BCUT2D eigenvalue weighted by atomic mass is 9.91. The molecular weight excluding hydrogens is 290 g/mol. The molecule has 0 bridgehead atoms. The summed E-state index contributed by atoms with van der Waals surface area (Å²) in [6.45, 7) is 2.47. The van der Waals surface area contributed by atoms with Crippen molar-refractivity contribution in [1.82, 2.24) is 10.6 Å². The van der Waals surface area contributed by atoms with Crippen LogP contribution in [0.3, 0.4) is 0 Å². The third kappa shape index (κ3) is 5.26. The molecule has 2 rings (SSSR count). The number of hydrogen-bond donors (Lipinski definition) is 2. The van der Waals surface area contributed by atoms with Crippen molar-refractivity contribution in [2.45, 2.75) is 44.7 Å². The minimum atomic E-state index is -0.684. The molecule has 0 radical (unpaired) electrons. The molecule has 0 atom stereocenters. The standard InChI is InChI=1S/C16H22F2N2O2/c1-11(21)20-14-5-3-13(4-6-14)19-8-9-22-16-7-2-12(17)10-15(16)18/h2,7,10,13-14,19H,3-6,8-9H2,1H3,(H,20,21). The largest absolute Gasteiger partial charge is 0.489 e. The van der Waals surface area contributed by atoms with Crippen LogP contribution in [0.15, 0.2) is 18.2 Å². The van der Waals surface area contributed by atoms with Crippen LogP contribution in [0.1, 0.15) is 32.6 Å². The fourth-order valence-electron chi connectivity index (χ4n) is 2.75. The van der Waals surface area contributed by atoms with Crippen LogP contribution in [0.4, 0.5) is 8.78 Å². The highest BCUT2D eigenvalue weighted by atomic mass is 19.1. The quantitative estimate of drug-likeness (QED) is 0.793. The third-order valence-electron chi connectivity index (χ3n) is 3.82. The highest BCUT2D eigenvalue weighted by molar-refractivity contribution is 5.73. The number of rotatable bonds is 6. The van der Waals surface area contributed by atoms with Crippen LogP contribution < -0.4 is 15.4 Å². The Morgan fingerprint density at radius 1 is 1.23 bits per heavy atom. The Morgan fingerprint density at radius 2 is 1.91 bits per heavy atom. The van der Waals surface area contributed by atoms with Gasteiger partial charge in [-0.05, 0) is 37.8 Å². The molecule has 4 nitrogen and oxygen atoms in total. The zero-order chi connectivity index (χ0) is 15.9. The van der Waals surface area contributed by atoms with E-state index in [1.807, 2.05) is 0 Å². The summed E-state index contributed by atoms with van der Waals surface area (Å²) < 4.78 is 31.4. The Labute approximate surface area is 129 Å². The Balaban J connectivity index is 1.62. The second-order valence-electron chi connectivity index (χ2n) is 5.63. The van der Waals surface area contributed by atoms with Gasteiger partial charge in [-0.1, -0.05) is 0 Å². The lowest BCUT2D eigenvalue weighted by molar-refractivity contribution is -0.119. The van der Waals surface area contributed by atoms with Crippen LogP contribution in [0.25, 0.3) is 0 Å². The molecular formula is C16H22F2N2O2. The van der Waals surface area contributed by atoms with Gasteiger partial charge in [0.2, 0.25) is 5.91 Å². The van der Waals surface area contributed by atoms with Gasteiger partial charge in [-0.25, -0.2) is 8.78 Å². The van der Waals surface area contributed by atoms with Gasteiger partial charge in [-0.3, -0.25) is 4.79 Å². The molecule has 0 spiro atoms. The molecule has 6 heteroatoms. The predicted molar refractivity (Wildman–Crippen MR) is 79.7 cm³/mol. The van der Waals surface area contributed by atoms with Gasteiger partial charge in [0.25, 0.3) is 0 Å². The maximum atomic E-state index is 13.4. The first-order valence-electron chi connectivity index (χ1n) is 7.63. The molecule has 122 valence electrons. The lowest BCUT2D eigenvalue weighted by Crippen LogP contribution is -2.42. The Hall–Kier alpha value is -1.69. The van der Waals surface area contributed by atoms with Crippen molar-refractivity contribution < 1.29 is 18.3 Å². The van der Waals surface area contributed by atoms with Gasteiger partial charge in [-0.15, -0.1) is 0 Å². The van der Waals surface area contributed by atoms with Crippen molar-refractivity contribution in [2.75, 3.05) is 13.2 Å². The van der Waals surface area contributed by atoms with Crippen molar-refractivity contribution in [2.24, 2.45) is 0 Å². The molecule has 1 aliphatic carbocycles. The minimum absolute atomic E-state index is 0.0196. The number of carbonyl (C=O) groups is 1. The first-order chi connectivity index (χ1) is 10.5. The molecule has 1 aromatic rings. The van der Waals surface area contributed by atoms with Crippen LogP contribution in [-0.2, 0) is 4.79 Å². The first-order valence-corrected chi connectivity index (χ1v) is 7.63. The molecule has 0 unspecified atom stereocenters. The highest BCUT2D eigenvalue weighted by Gasteiger charge is 2.20. The Bertz CT molecular complexity index is 503. The van der Waals surface area contributed by atoms with E-state index in [-0.39, 0.29) is 17.7 Å².